The second-order valence-corrected chi connectivity index (χ2v) is 3.48. The molecule has 0 unspecified atom stereocenters. The van der Waals surface area contributed by atoms with E-state index in [4.69, 9.17) is 0 Å². The lowest BCUT2D eigenvalue weighted by molar-refractivity contribution is -0.0220. The molecule has 1 aromatic rings. The van der Waals surface area contributed by atoms with Gasteiger partial charge in [0.05, 0.1) is 5.56 Å². The molecule has 0 saturated carbocycles. The van der Waals surface area contributed by atoms with Gasteiger partial charge in [-0.05, 0) is 0 Å². The Morgan fingerprint density at radius 1 is 1.07 bits per heavy atom. The van der Waals surface area contributed by atoms with E-state index in [2.05, 4.69) is 5.32 Å². The molecule has 0 aromatic heterocycles. The first-order valence-corrected chi connectivity index (χ1v) is 4.22. The molecule has 1 aromatic carbocycles. The van der Waals surface area contributed by atoms with Crippen molar-refractivity contribution < 1.29 is 22.7 Å². The molecule has 0 spiro atoms. The SMILES string of the molecule is OC1(c2c(F)c(F)cc(F)c2F)CNC1. The maximum Gasteiger partial charge on any atom is 0.168 e. The molecule has 0 radical (unpaired) electrons. The third-order valence-electron chi connectivity index (χ3n) is 2.41. The van der Waals surface area contributed by atoms with Gasteiger partial charge in [0.2, 0.25) is 0 Å². The summed E-state index contributed by atoms with van der Waals surface area (Å²) in [5.74, 6) is -6.11. The van der Waals surface area contributed by atoms with Crippen LogP contribution in [0.1, 0.15) is 5.56 Å². The number of rotatable bonds is 1. The standard InChI is InChI=1S/C9H7F4NO/c10-4-1-5(11)8(13)6(7(4)12)9(15)2-14-3-9/h1,14-15H,2-3H2. The van der Waals surface area contributed by atoms with Gasteiger partial charge in [-0.25, -0.2) is 17.6 Å². The van der Waals surface area contributed by atoms with Crippen molar-refractivity contribution >= 4 is 0 Å². The lowest BCUT2D eigenvalue weighted by Gasteiger charge is -2.38. The van der Waals surface area contributed by atoms with Gasteiger partial charge in [0, 0.05) is 19.2 Å². The van der Waals surface area contributed by atoms with Crippen molar-refractivity contribution in [3.8, 4) is 0 Å². The zero-order valence-corrected chi connectivity index (χ0v) is 7.45. The van der Waals surface area contributed by atoms with Crippen LogP contribution in [-0.2, 0) is 5.60 Å². The molecule has 2 rings (SSSR count). The lowest BCUT2D eigenvalue weighted by atomic mass is 9.87. The summed E-state index contributed by atoms with van der Waals surface area (Å²) in [6.45, 7) is -0.270. The van der Waals surface area contributed by atoms with E-state index in [1.807, 2.05) is 0 Å². The predicted octanol–water partition coefficient (Wildman–Crippen LogP) is 1.03. The third kappa shape index (κ3) is 1.40. The first-order valence-electron chi connectivity index (χ1n) is 4.22. The Bertz CT molecular complexity index is 391. The molecular formula is C9H7F4NO. The predicted molar refractivity (Wildman–Crippen MR) is 43.0 cm³/mol. The molecule has 0 aliphatic carbocycles. The molecular weight excluding hydrogens is 214 g/mol. The normalized spacial score (nSPS) is 18.7. The maximum atomic E-state index is 13.2. The number of halogens is 4. The fraction of sp³-hybridized carbons (Fsp3) is 0.333. The van der Waals surface area contributed by atoms with E-state index in [1.165, 1.54) is 0 Å². The van der Waals surface area contributed by atoms with Crippen molar-refractivity contribution in [2.75, 3.05) is 13.1 Å². The molecule has 2 N–H and O–H groups in total. The van der Waals surface area contributed by atoms with Crippen molar-refractivity contribution in [1.82, 2.24) is 5.32 Å². The van der Waals surface area contributed by atoms with Gasteiger partial charge >= 0.3 is 0 Å². The number of hydrogen-bond donors (Lipinski definition) is 2. The molecule has 6 heteroatoms. The Labute approximate surface area is 82.5 Å². The maximum absolute atomic E-state index is 13.2. The van der Waals surface area contributed by atoms with Crippen LogP contribution in [0.5, 0.6) is 0 Å². The van der Waals surface area contributed by atoms with Crippen LogP contribution in [0.15, 0.2) is 6.07 Å². The molecule has 1 heterocycles. The van der Waals surface area contributed by atoms with Crippen LogP contribution in [0, 0.1) is 23.3 Å². The smallest absolute Gasteiger partial charge is 0.168 e. The molecule has 1 aliphatic heterocycles. The minimum atomic E-state index is -1.86. The van der Waals surface area contributed by atoms with Crippen LogP contribution in [0.3, 0.4) is 0 Å². The van der Waals surface area contributed by atoms with E-state index in [9.17, 15) is 22.7 Å². The molecule has 15 heavy (non-hydrogen) atoms. The second-order valence-electron chi connectivity index (χ2n) is 3.48. The second kappa shape index (κ2) is 3.18. The molecule has 0 atom stereocenters. The van der Waals surface area contributed by atoms with E-state index in [-0.39, 0.29) is 19.2 Å². The first-order chi connectivity index (χ1) is 6.96. The van der Waals surface area contributed by atoms with Gasteiger partial charge in [-0.15, -0.1) is 0 Å². The lowest BCUT2D eigenvalue weighted by Crippen LogP contribution is -2.57. The summed E-state index contributed by atoms with van der Waals surface area (Å²) in [6.07, 6.45) is 0. The van der Waals surface area contributed by atoms with E-state index >= 15 is 0 Å². The number of β-amino-alcohol motifs (C(OH)–C–C–N with tert-alkyl or cyclic N) is 1. The number of benzene rings is 1. The third-order valence-corrected chi connectivity index (χ3v) is 2.41. The largest absolute Gasteiger partial charge is 0.382 e. The van der Waals surface area contributed by atoms with Crippen molar-refractivity contribution in [1.29, 1.82) is 0 Å². The Morgan fingerprint density at radius 3 is 1.87 bits per heavy atom. The molecule has 82 valence electrons. The molecule has 1 aliphatic rings. The van der Waals surface area contributed by atoms with Gasteiger partial charge in [-0.1, -0.05) is 0 Å². The fourth-order valence-electron chi connectivity index (χ4n) is 1.52. The van der Waals surface area contributed by atoms with Crippen molar-refractivity contribution in [2.24, 2.45) is 0 Å². The highest BCUT2D eigenvalue weighted by Crippen LogP contribution is 2.32. The van der Waals surface area contributed by atoms with Crippen molar-refractivity contribution in [3.63, 3.8) is 0 Å². The summed E-state index contributed by atoms with van der Waals surface area (Å²) in [6, 6.07) is 0.115. The summed E-state index contributed by atoms with van der Waals surface area (Å²) < 4.78 is 52.0. The van der Waals surface area contributed by atoms with E-state index < -0.39 is 34.4 Å². The highest BCUT2D eigenvalue weighted by atomic mass is 19.2. The number of aliphatic hydroxyl groups is 1. The van der Waals surface area contributed by atoms with Gasteiger partial charge in [-0.2, -0.15) is 0 Å². The summed E-state index contributed by atoms with van der Waals surface area (Å²) in [5.41, 5.74) is -2.81. The van der Waals surface area contributed by atoms with E-state index in [0.717, 1.165) is 0 Å². The van der Waals surface area contributed by atoms with Gasteiger partial charge < -0.3 is 10.4 Å². The fourth-order valence-corrected chi connectivity index (χ4v) is 1.52. The van der Waals surface area contributed by atoms with Crippen LogP contribution in [0.4, 0.5) is 17.6 Å². The molecule has 1 saturated heterocycles. The average molecular weight is 221 g/mol. The van der Waals surface area contributed by atoms with Crippen LogP contribution >= 0.6 is 0 Å². The monoisotopic (exact) mass is 221 g/mol. The Morgan fingerprint density at radius 2 is 1.53 bits per heavy atom. The van der Waals surface area contributed by atoms with Crippen LogP contribution in [0.25, 0.3) is 0 Å². The quantitative estimate of drug-likeness (QED) is 0.548. The summed E-state index contributed by atoms with van der Waals surface area (Å²) in [7, 11) is 0. The van der Waals surface area contributed by atoms with Gasteiger partial charge in [-0.3, -0.25) is 0 Å². The highest BCUT2D eigenvalue weighted by Gasteiger charge is 2.42. The summed E-state index contributed by atoms with van der Waals surface area (Å²) in [5, 5.41) is 12.2. The Kier molecular flexibility index (Phi) is 2.20. The Hall–Kier alpha value is -1.14. The van der Waals surface area contributed by atoms with E-state index in [1.54, 1.807) is 0 Å². The minimum absolute atomic E-state index is 0.115. The summed E-state index contributed by atoms with van der Waals surface area (Å²) in [4.78, 5) is 0. The van der Waals surface area contributed by atoms with Crippen molar-refractivity contribution in [2.45, 2.75) is 5.60 Å². The minimum Gasteiger partial charge on any atom is -0.382 e. The van der Waals surface area contributed by atoms with Crippen molar-refractivity contribution in [3.05, 3.63) is 34.9 Å². The summed E-state index contributed by atoms with van der Waals surface area (Å²) >= 11 is 0. The first kappa shape index (κ1) is 10.4. The van der Waals surface area contributed by atoms with E-state index in [0.29, 0.717) is 0 Å². The van der Waals surface area contributed by atoms with Gasteiger partial charge in [0.15, 0.2) is 23.3 Å². The van der Waals surface area contributed by atoms with Gasteiger partial charge in [0.25, 0.3) is 0 Å². The molecule has 1 fully saturated rings. The van der Waals surface area contributed by atoms with Crippen LogP contribution < -0.4 is 5.32 Å². The van der Waals surface area contributed by atoms with Crippen LogP contribution in [-0.4, -0.2) is 18.2 Å². The van der Waals surface area contributed by atoms with Crippen LogP contribution in [0.2, 0.25) is 0 Å². The van der Waals surface area contributed by atoms with Gasteiger partial charge in [0.1, 0.15) is 5.60 Å². The molecule has 2 nitrogen and oxygen atoms in total. The Balaban J connectivity index is 2.63. The number of nitrogens with one attached hydrogen (secondary N) is 1. The average Bonchev–Trinajstić information content (AvgIpc) is 2.12. The molecule has 0 bridgehead atoms. The zero-order valence-electron chi connectivity index (χ0n) is 7.45. The highest BCUT2D eigenvalue weighted by molar-refractivity contribution is 5.31. The molecule has 0 amide bonds. The number of hydrogen-bond acceptors (Lipinski definition) is 2. The zero-order chi connectivity index (χ0) is 11.2. The topological polar surface area (TPSA) is 32.3 Å².